The number of nitrogens with one attached hydrogen (secondary N) is 1. The Labute approximate surface area is 115 Å². The van der Waals surface area contributed by atoms with Crippen molar-refractivity contribution >= 4 is 0 Å². The van der Waals surface area contributed by atoms with Gasteiger partial charge in [0.25, 0.3) is 0 Å². The number of ether oxygens (including phenoxy) is 1. The second-order valence-electron chi connectivity index (χ2n) is 6.00. The molecule has 19 heavy (non-hydrogen) atoms. The van der Waals surface area contributed by atoms with Crippen LogP contribution >= 0.6 is 0 Å². The van der Waals surface area contributed by atoms with E-state index in [4.69, 9.17) is 9.26 Å². The minimum Gasteiger partial charge on any atom is -0.378 e. The molecule has 1 aromatic rings. The Bertz CT molecular complexity index is 395. The van der Waals surface area contributed by atoms with Crippen LogP contribution in [0.3, 0.4) is 0 Å². The molecule has 108 valence electrons. The van der Waals surface area contributed by atoms with E-state index in [1.807, 2.05) is 13.8 Å². The largest absolute Gasteiger partial charge is 0.378 e. The van der Waals surface area contributed by atoms with Crippen molar-refractivity contribution in [3.05, 3.63) is 17.0 Å². The summed E-state index contributed by atoms with van der Waals surface area (Å²) in [6.45, 7) is 11.5. The second kappa shape index (κ2) is 6.06. The summed E-state index contributed by atoms with van der Waals surface area (Å²) in [5.41, 5.74) is 2.19. The summed E-state index contributed by atoms with van der Waals surface area (Å²) in [5, 5.41) is 7.74. The molecule has 1 N–H and O–H groups in total. The lowest BCUT2D eigenvalue weighted by Crippen LogP contribution is -2.41. The van der Waals surface area contributed by atoms with Crippen LogP contribution in [0.25, 0.3) is 0 Å². The lowest BCUT2D eigenvalue weighted by Gasteiger charge is -2.34. The van der Waals surface area contributed by atoms with Crippen LogP contribution in [-0.4, -0.2) is 23.9 Å². The van der Waals surface area contributed by atoms with E-state index in [2.05, 4.69) is 31.2 Å². The van der Waals surface area contributed by atoms with Crippen LogP contribution in [0.1, 0.15) is 56.7 Å². The molecule has 0 aromatic carbocycles. The molecule has 4 nitrogen and oxygen atoms in total. The van der Waals surface area contributed by atoms with Crippen LogP contribution < -0.4 is 5.32 Å². The summed E-state index contributed by atoms with van der Waals surface area (Å²) in [6, 6.07) is 0.798. The quantitative estimate of drug-likeness (QED) is 0.909. The maximum Gasteiger partial charge on any atom is 0.138 e. The molecule has 3 atom stereocenters. The number of nitrogens with zero attached hydrogens (tertiary/aromatic N) is 1. The Morgan fingerprint density at radius 1 is 1.26 bits per heavy atom. The minimum atomic E-state index is 0.280. The summed E-state index contributed by atoms with van der Waals surface area (Å²) >= 11 is 0. The van der Waals surface area contributed by atoms with Gasteiger partial charge in [-0.3, -0.25) is 0 Å². The summed E-state index contributed by atoms with van der Waals surface area (Å²) in [4.78, 5) is 0. The van der Waals surface area contributed by atoms with Crippen LogP contribution in [0.4, 0.5) is 0 Å². The van der Waals surface area contributed by atoms with Crippen LogP contribution in [0.5, 0.6) is 0 Å². The molecule has 3 unspecified atom stereocenters. The highest BCUT2D eigenvalue weighted by Crippen LogP contribution is 2.25. The van der Waals surface area contributed by atoms with Crippen LogP contribution in [0, 0.1) is 19.8 Å². The third-order valence-electron chi connectivity index (χ3n) is 4.07. The van der Waals surface area contributed by atoms with Gasteiger partial charge in [0.1, 0.15) is 5.76 Å². The molecule has 1 aliphatic rings. The first-order chi connectivity index (χ1) is 8.99. The van der Waals surface area contributed by atoms with Crippen molar-refractivity contribution in [2.75, 3.05) is 6.61 Å². The van der Waals surface area contributed by atoms with Crippen molar-refractivity contribution in [3.63, 3.8) is 0 Å². The van der Waals surface area contributed by atoms with E-state index in [9.17, 15) is 0 Å². The van der Waals surface area contributed by atoms with Gasteiger partial charge in [-0.25, -0.2) is 0 Å². The van der Waals surface area contributed by atoms with Gasteiger partial charge in [0.2, 0.25) is 0 Å². The van der Waals surface area contributed by atoms with Crippen LogP contribution in [-0.2, 0) is 4.74 Å². The van der Waals surface area contributed by atoms with Gasteiger partial charge in [-0.2, -0.15) is 0 Å². The maximum atomic E-state index is 5.82. The molecule has 0 amide bonds. The second-order valence-corrected chi connectivity index (χ2v) is 6.00. The average molecular weight is 266 g/mol. The highest BCUT2D eigenvalue weighted by Gasteiger charge is 2.27. The molecule has 1 aromatic heterocycles. The van der Waals surface area contributed by atoms with Crippen molar-refractivity contribution in [2.24, 2.45) is 5.92 Å². The Morgan fingerprint density at radius 2 is 2.00 bits per heavy atom. The molecule has 4 heteroatoms. The number of aryl methyl sites for hydroxylation is 2. The van der Waals surface area contributed by atoms with Gasteiger partial charge in [0.15, 0.2) is 0 Å². The number of hydrogen-bond acceptors (Lipinski definition) is 4. The third-order valence-corrected chi connectivity index (χ3v) is 4.07. The summed E-state index contributed by atoms with van der Waals surface area (Å²) < 4.78 is 11.1. The van der Waals surface area contributed by atoms with Gasteiger partial charge in [0, 0.05) is 24.3 Å². The van der Waals surface area contributed by atoms with E-state index in [-0.39, 0.29) is 6.04 Å². The van der Waals surface area contributed by atoms with Crippen molar-refractivity contribution in [1.82, 2.24) is 10.5 Å². The molecule has 1 aliphatic heterocycles. The zero-order chi connectivity index (χ0) is 14.0. The predicted molar refractivity (Wildman–Crippen MR) is 75.1 cm³/mol. The first kappa shape index (κ1) is 14.5. The Balaban J connectivity index is 1.97. The normalized spacial score (nSPS) is 25.8. The molecule has 0 aliphatic carbocycles. The topological polar surface area (TPSA) is 47.3 Å². The molecule has 0 radical (unpaired) electrons. The van der Waals surface area contributed by atoms with Crippen molar-refractivity contribution < 1.29 is 9.26 Å². The van der Waals surface area contributed by atoms with E-state index >= 15 is 0 Å². The summed E-state index contributed by atoms with van der Waals surface area (Å²) in [6.07, 6.45) is 2.55. The predicted octanol–water partition coefficient (Wildman–Crippen LogP) is 3.15. The molecule has 1 fully saturated rings. The molecule has 2 rings (SSSR count). The maximum absolute atomic E-state index is 5.82. The molecule has 0 saturated carbocycles. The fourth-order valence-electron chi connectivity index (χ4n) is 2.99. The van der Waals surface area contributed by atoms with E-state index < -0.39 is 0 Å². The van der Waals surface area contributed by atoms with Gasteiger partial charge in [-0.15, -0.1) is 0 Å². The number of rotatable bonds is 4. The summed E-state index contributed by atoms with van der Waals surface area (Å²) in [7, 11) is 0. The smallest absolute Gasteiger partial charge is 0.138 e. The zero-order valence-electron chi connectivity index (χ0n) is 12.7. The molecule has 2 heterocycles. The fraction of sp³-hybridized carbons (Fsp3) is 0.800. The third kappa shape index (κ3) is 3.37. The molecule has 0 bridgehead atoms. The van der Waals surface area contributed by atoms with E-state index in [0.29, 0.717) is 18.1 Å². The molecule has 0 spiro atoms. The fourth-order valence-corrected chi connectivity index (χ4v) is 2.99. The van der Waals surface area contributed by atoms with E-state index in [1.165, 1.54) is 5.56 Å². The molecular formula is C15H26N2O2. The van der Waals surface area contributed by atoms with Crippen LogP contribution in [0.15, 0.2) is 4.52 Å². The Hall–Kier alpha value is -0.870. The standard InChI is InChI=1S/C15H26N2O2/c1-9(2)14-8-13(6-7-18-14)16-10(3)15-11(4)17-19-12(15)5/h9-10,13-14,16H,6-8H2,1-5H3. The highest BCUT2D eigenvalue weighted by molar-refractivity contribution is 5.24. The zero-order valence-corrected chi connectivity index (χ0v) is 12.7. The monoisotopic (exact) mass is 266 g/mol. The SMILES string of the molecule is Cc1noc(C)c1C(C)NC1CCOC(C(C)C)C1. The van der Waals surface area contributed by atoms with Crippen molar-refractivity contribution in [3.8, 4) is 0 Å². The van der Waals surface area contributed by atoms with Gasteiger partial charge in [-0.05, 0) is 39.5 Å². The van der Waals surface area contributed by atoms with Gasteiger partial charge in [0.05, 0.1) is 11.8 Å². The highest BCUT2D eigenvalue weighted by atomic mass is 16.5. The first-order valence-corrected chi connectivity index (χ1v) is 7.29. The van der Waals surface area contributed by atoms with Gasteiger partial charge < -0.3 is 14.6 Å². The van der Waals surface area contributed by atoms with Gasteiger partial charge >= 0.3 is 0 Å². The lowest BCUT2D eigenvalue weighted by molar-refractivity contribution is -0.0257. The molecule has 1 saturated heterocycles. The lowest BCUT2D eigenvalue weighted by atomic mass is 9.94. The van der Waals surface area contributed by atoms with E-state index in [0.717, 1.165) is 30.9 Å². The Morgan fingerprint density at radius 3 is 2.58 bits per heavy atom. The Kier molecular flexibility index (Phi) is 4.63. The summed E-state index contributed by atoms with van der Waals surface area (Å²) in [5.74, 6) is 1.50. The number of hydrogen-bond donors (Lipinski definition) is 1. The minimum absolute atomic E-state index is 0.280. The first-order valence-electron chi connectivity index (χ1n) is 7.29. The number of aromatic nitrogens is 1. The average Bonchev–Trinajstić information content (AvgIpc) is 2.69. The van der Waals surface area contributed by atoms with Crippen molar-refractivity contribution in [2.45, 2.75) is 65.6 Å². The molecular weight excluding hydrogens is 240 g/mol. The van der Waals surface area contributed by atoms with E-state index in [1.54, 1.807) is 0 Å². The van der Waals surface area contributed by atoms with Crippen molar-refractivity contribution in [1.29, 1.82) is 0 Å². The van der Waals surface area contributed by atoms with Crippen LogP contribution in [0.2, 0.25) is 0 Å². The van der Waals surface area contributed by atoms with Gasteiger partial charge in [-0.1, -0.05) is 19.0 Å².